The zero-order valence-corrected chi connectivity index (χ0v) is 13.6. The maximum Gasteiger partial charge on any atom is 0.163 e. The monoisotopic (exact) mass is 294 g/mol. The van der Waals surface area contributed by atoms with Gasteiger partial charge in [0.15, 0.2) is 11.6 Å². The molecule has 0 spiro atoms. The van der Waals surface area contributed by atoms with Crippen LogP contribution in [0.1, 0.15) is 63.6 Å². The number of hydrogen-bond donors (Lipinski definition) is 0. The van der Waals surface area contributed by atoms with Gasteiger partial charge in [0.05, 0.1) is 0 Å². The maximum atomic E-state index is 12.5. The molecule has 0 saturated heterocycles. The van der Waals surface area contributed by atoms with Crippen molar-refractivity contribution in [2.24, 2.45) is 0 Å². The molecule has 0 bridgehead atoms. The molecule has 22 heavy (non-hydrogen) atoms. The lowest BCUT2D eigenvalue weighted by Gasteiger charge is -2.12. The maximum absolute atomic E-state index is 12.5. The van der Waals surface area contributed by atoms with Crippen molar-refractivity contribution in [2.45, 2.75) is 40.0 Å². The van der Waals surface area contributed by atoms with Gasteiger partial charge in [-0.3, -0.25) is 9.59 Å². The summed E-state index contributed by atoms with van der Waals surface area (Å²) in [7, 11) is 0. The summed E-state index contributed by atoms with van der Waals surface area (Å²) >= 11 is 0. The minimum absolute atomic E-state index is 0.0607. The van der Waals surface area contributed by atoms with E-state index in [1.807, 2.05) is 57.2 Å². The lowest BCUT2D eigenvalue weighted by molar-refractivity contribution is 0.0973. The van der Waals surface area contributed by atoms with Gasteiger partial charge in [0.2, 0.25) is 0 Å². The molecule has 0 N–H and O–H groups in total. The zero-order chi connectivity index (χ0) is 16.3. The van der Waals surface area contributed by atoms with Gasteiger partial charge in [0.25, 0.3) is 0 Å². The number of aryl methyl sites for hydroxylation is 2. The Morgan fingerprint density at radius 3 is 1.95 bits per heavy atom. The topological polar surface area (TPSA) is 34.1 Å². The molecule has 2 rings (SSSR count). The average molecular weight is 294 g/mol. The van der Waals surface area contributed by atoms with Crippen molar-refractivity contribution in [1.29, 1.82) is 0 Å². The Morgan fingerprint density at radius 1 is 0.909 bits per heavy atom. The predicted octanol–water partition coefficient (Wildman–Crippen LogP) is 4.88. The highest BCUT2D eigenvalue weighted by molar-refractivity contribution is 5.97. The number of carbonyl (C=O) groups is 2. The van der Waals surface area contributed by atoms with Crippen LogP contribution >= 0.6 is 0 Å². The van der Waals surface area contributed by atoms with Gasteiger partial charge in [-0.05, 0) is 44.4 Å². The molecule has 2 aromatic rings. The Hall–Kier alpha value is -2.22. The second kappa shape index (κ2) is 6.69. The fourth-order valence-electron chi connectivity index (χ4n) is 2.70. The predicted molar refractivity (Wildman–Crippen MR) is 89.7 cm³/mol. The average Bonchev–Trinajstić information content (AvgIpc) is 2.46. The van der Waals surface area contributed by atoms with Gasteiger partial charge in [-0.25, -0.2) is 0 Å². The molecule has 2 nitrogen and oxygen atoms in total. The second-order valence-corrected chi connectivity index (χ2v) is 6.08. The van der Waals surface area contributed by atoms with Crippen molar-refractivity contribution in [1.82, 2.24) is 0 Å². The molecule has 2 aromatic carbocycles. The highest BCUT2D eigenvalue weighted by Gasteiger charge is 2.14. The summed E-state index contributed by atoms with van der Waals surface area (Å²) in [6.45, 7) is 7.62. The number of rotatable bonds is 5. The Labute approximate surface area is 132 Å². The van der Waals surface area contributed by atoms with Crippen LogP contribution in [0.15, 0.2) is 42.5 Å². The van der Waals surface area contributed by atoms with Crippen molar-refractivity contribution in [3.05, 3.63) is 70.3 Å². The highest BCUT2D eigenvalue weighted by Crippen LogP contribution is 2.22. The van der Waals surface area contributed by atoms with E-state index in [9.17, 15) is 9.59 Å². The van der Waals surface area contributed by atoms with E-state index in [-0.39, 0.29) is 17.5 Å². The van der Waals surface area contributed by atoms with Gasteiger partial charge in [0.1, 0.15) is 0 Å². The molecule has 0 saturated carbocycles. The molecule has 2 heteroatoms. The first kappa shape index (κ1) is 16.2. The van der Waals surface area contributed by atoms with Crippen molar-refractivity contribution < 1.29 is 9.59 Å². The molecular weight excluding hydrogens is 272 g/mol. The molecule has 1 atom stereocenters. The van der Waals surface area contributed by atoms with Gasteiger partial charge in [-0.1, -0.05) is 48.4 Å². The van der Waals surface area contributed by atoms with Crippen LogP contribution in [0, 0.1) is 13.8 Å². The largest absolute Gasteiger partial charge is 0.295 e. The second-order valence-electron chi connectivity index (χ2n) is 6.08. The first-order valence-electron chi connectivity index (χ1n) is 7.59. The normalized spacial score (nSPS) is 12.0. The summed E-state index contributed by atoms with van der Waals surface area (Å²) in [5.41, 5.74) is 4.80. The lowest BCUT2D eigenvalue weighted by Crippen LogP contribution is -2.06. The summed E-state index contributed by atoms with van der Waals surface area (Å²) in [5, 5.41) is 0. The Balaban J connectivity index is 2.12. The number of hydrogen-bond acceptors (Lipinski definition) is 2. The number of ketones is 2. The summed E-state index contributed by atoms with van der Waals surface area (Å²) < 4.78 is 0. The molecule has 0 aliphatic carbocycles. The van der Waals surface area contributed by atoms with E-state index >= 15 is 0 Å². The van der Waals surface area contributed by atoms with Gasteiger partial charge >= 0.3 is 0 Å². The third kappa shape index (κ3) is 3.91. The zero-order valence-electron chi connectivity index (χ0n) is 13.6. The van der Waals surface area contributed by atoms with Gasteiger partial charge in [0, 0.05) is 17.5 Å². The van der Waals surface area contributed by atoms with Crippen LogP contribution in [0.2, 0.25) is 0 Å². The molecule has 0 aliphatic rings. The first-order valence-corrected chi connectivity index (χ1v) is 7.59. The van der Waals surface area contributed by atoms with Crippen LogP contribution in [0.25, 0.3) is 0 Å². The highest BCUT2D eigenvalue weighted by atomic mass is 16.1. The van der Waals surface area contributed by atoms with Crippen LogP contribution in [-0.4, -0.2) is 11.6 Å². The Kier molecular flexibility index (Phi) is 4.92. The molecule has 0 unspecified atom stereocenters. The van der Waals surface area contributed by atoms with Crippen molar-refractivity contribution in [3.8, 4) is 0 Å². The van der Waals surface area contributed by atoms with E-state index in [4.69, 9.17) is 0 Å². The van der Waals surface area contributed by atoms with Crippen LogP contribution in [0.5, 0.6) is 0 Å². The fraction of sp³-hybridized carbons (Fsp3) is 0.300. The molecule has 0 radical (unpaired) electrons. The lowest BCUT2D eigenvalue weighted by atomic mass is 9.91. The number of Topliss-reactive ketones (excluding diaryl/α,β-unsaturated/α-hetero) is 2. The molecule has 0 aromatic heterocycles. The standard InChI is InChI=1S/C20H22O2/c1-13-9-14(2)11-19(10-13)20(22)12-15(3)17-5-7-18(8-6-17)16(4)21/h5-11,15H,12H2,1-4H3/t15-/m0/s1. The van der Waals surface area contributed by atoms with E-state index < -0.39 is 0 Å². The third-order valence-corrected chi connectivity index (χ3v) is 3.92. The number of carbonyl (C=O) groups excluding carboxylic acids is 2. The summed E-state index contributed by atoms with van der Waals surface area (Å²) in [5.74, 6) is 0.356. The Morgan fingerprint density at radius 2 is 1.45 bits per heavy atom. The Bertz CT molecular complexity index is 676. The molecule has 0 fully saturated rings. The first-order chi connectivity index (χ1) is 10.4. The molecule has 0 aliphatic heterocycles. The van der Waals surface area contributed by atoms with Crippen LogP contribution in [-0.2, 0) is 0 Å². The van der Waals surface area contributed by atoms with E-state index in [2.05, 4.69) is 6.07 Å². The SMILES string of the molecule is CC(=O)c1ccc([C@@H](C)CC(=O)c2cc(C)cc(C)c2)cc1. The van der Waals surface area contributed by atoms with E-state index in [0.717, 1.165) is 22.3 Å². The van der Waals surface area contributed by atoms with Crippen molar-refractivity contribution in [3.63, 3.8) is 0 Å². The van der Waals surface area contributed by atoms with Gasteiger partial charge in [-0.15, -0.1) is 0 Å². The molecule has 0 amide bonds. The summed E-state index contributed by atoms with van der Waals surface area (Å²) in [6, 6.07) is 13.5. The summed E-state index contributed by atoms with van der Waals surface area (Å²) in [6.07, 6.45) is 0.475. The van der Waals surface area contributed by atoms with E-state index in [0.29, 0.717) is 12.0 Å². The summed E-state index contributed by atoms with van der Waals surface area (Å²) in [4.78, 5) is 23.8. The van der Waals surface area contributed by atoms with Crippen molar-refractivity contribution >= 4 is 11.6 Å². The third-order valence-electron chi connectivity index (χ3n) is 3.92. The fourth-order valence-corrected chi connectivity index (χ4v) is 2.70. The minimum Gasteiger partial charge on any atom is -0.295 e. The van der Waals surface area contributed by atoms with Crippen LogP contribution < -0.4 is 0 Å². The molecule has 0 heterocycles. The van der Waals surface area contributed by atoms with Crippen LogP contribution in [0.3, 0.4) is 0 Å². The van der Waals surface area contributed by atoms with E-state index in [1.54, 1.807) is 6.92 Å². The minimum atomic E-state index is 0.0607. The van der Waals surface area contributed by atoms with E-state index in [1.165, 1.54) is 0 Å². The molecular formula is C20H22O2. The number of benzene rings is 2. The van der Waals surface area contributed by atoms with Gasteiger partial charge in [-0.2, -0.15) is 0 Å². The quantitative estimate of drug-likeness (QED) is 0.736. The van der Waals surface area contributed by atoms with Crippen molar-refractivity contribution in [2.75, 3.05) is 0 Å². The molecule has 114 valence electrons. The van der Waals surface area contributed by atoms with Crippen LogP contribution in [0.4, 0.5) is 0 Å². The van der Waals surface area contributed by atoms with Gasteiger partial charge < -0.3 is 0 Å². The smallest absolute Gasteiger partial charge is 0.163 e.